The fourth-order valence-electron chi connectivity index (χ4n) is 3.86. The van der Waals surface area contributed by atoms with Gasteiger partial charge in [0.15, 0.2) is 0 Å². The van der Waals surface area contributed by atoms with E-state index in [0.29, 0.717) is 6.54 Å². The molecular formula is C21H25FIN. The van der Waals surface area contributed by atoms with Gasteiger partial charge >= 0.3 is 0 Å². The van der Waals surface area contributed by atoms with Crippen molar-refractivity contribution in [3.8, 4) is 0 Å². The molecule has 1 aliphatic rings. The number of nitrogens with zero attached hydrogens (tertiary/aromatic N) is 1. The number of aryl methyl sites for hydroxylation is 1. The van der Waals surface area contributed by atoms with E-state index in [1.165, 1.54) is 25.8 Å². The standard InChI is InChI=1S/C21H25FIN/c1-15-5-10-19-16(13-15)11-12-24(14-20(2,3)22)21(19,4)17-6-8-18(23)9-7-17/h5-10,13H,11-12,14H2,1-4H3. The Bertz CT molecular complexity index is 732. The molecule has 1 heterocycles. The molecule has 0 N–H and O–H groups in total. The Morgan fingerprint density at radius 2 is 1.83 bits per heavy atom. The highest BCUT2D eigenvalue weighted by molar-refractivity contribution is 14.1. The molecule has 0 bridgehead atoms. The van der Waals surface area contributed by atoms with Gasteiger partial charge in [0, 0.05) is 16.7 Å². The quantitative estimate of drug-likeness (QED) is 0.576. The van der Waals surface area contributed by atoms with Crippen LogP contribution in [0.2, 0.25) is 0 Å². The zero-order valence-electron chi connectivity index (χ0n) is 14.9. The van der Waals surface area contributed by atoms with Gasteiger partial charge in [-0.25, -0.2) is 4.39 Å². The molecule has 0 aromatic heterocycles. The Balaban J connectivity index is 2.15. The molecule has 128 valence electrons. The molecule has 2 aromatic carbocycles. The van der Waals surface area contributed by atoms with Crippen molar-refractivity contribution in [2.45, 2.75) is 45.3 Å². The first-order chi connectivity index (χ1) is 11.2. The van der Waals surface area contributed by atoms with Gasteiger partial charge in [-0.15, -0.1) is 0 Å². The molecule has 1 aliphatic heterocycles. The number of rotatable bonds is 3. The van der Waals surface area contributed by atoms with Gasteiger partial charge in [-0.3, -0.25) is 4.90 Å². The van der Waals surface area contributed by atoms with Crippen molar-refractivity contribution in [3.63, 3.8) is 0 Å². The molecule has 0 saturated carbocycles. The molecule has 0 spiro atoms. The lowest BCUT2D eigenvalue weighted by Gasteiger charge is -2.48. The lowest BCUT2D eigenvalue weighted by molar-refractivity contribution is 0.0541. The average Bonchev–Trinajstić information content (AvgIpc) is 2.49. The van der Waals surface area contributed by atoms with Crippen molar-refractivity contribution in [1.29, 1.82) is 0 Å². The van der Waals surface area contributed by atoms with Crippen molar-refractivity contribution in [2.24, 2.45) is 0 Å². The molecule has 0 fully saturated rings. The lowest BCUT2D eigenvalue weighted by atomic mass is 9.76. The zero-order chi connectivity index (χ0) is 17.5. The maximum absolute atomic E-state index is 14.5. The number of hydrogen-bond acceptors (Lipinski definition) is 1. The predicted octanol–water partition coefficient (Wildman–Crippen LogP) is 5.47. The Kier molecular flexibility index (Phi) is 4.77. The second-order valence-electron chi connectivity index (χ2n) is 7.63. The summed E-state index contributed by atoms with van der Waals surface area (Å²) in [4.78, 5) is 2.31. The van der Waals surface area contributed by atoms with Crippen LogP contribution in [0.25, 0.3) is 0 Å². The van der Waals surface area contributed by atoms with Gasteiger partial charge in [-0.2, -0.15) is 0 Å². The third-order valence-corrected chi connectivity index (χ3v) is 5.76. The minimum absolute atomic E-state index is 0.297. The van der Waals surface area contributed by atoms with E-state index in [0.717, 1.165) is 13.0 Å². The summed E-state index contributed by atoms with van der Waals surface area (Å²) >= 11 is 2.33. The first-order valence-electron chi connectivity index (χ1n) is 8.50. The van der Waals surface area contributed by atoms with Crippen LogP contribution >= 0.6 is 22.6 Å². The van der Waals surface area contributed by atoms with Crippen LogP contribution in [0.3, 0.4) is 0 Å². The smallest absolute Gasteiger partial charge is 0.118 e. The van der Waals surface area contributed by atoms with Gasteiger partial charge in [-0.05, 0) is 85.5 Å². The van der Waals surface area contributed by atoms with Crippen LogP contribution in [0.1, 0.15) is 43.0 Å². The number of fused-ring (bicyclic) bond motifs is 1. The van der Waals surface area contributed by atoms with Crippen LogP contribution in [0, 0.1) is 10.5 Å². The zero-order valence-corrected chi connectivity index (χ0v) is 17.0. The molecule has 24 heavy (non-hydrogen) atoms. The van der Waals surface area contributed by atoms with Gasteiger partial charge in [0.1, 0.15) is 5.67 Å². The number of benzene rings is 2. The predicted molar refractivity (Wildman–Crippen MR) is 107 cm³/mol. The molecular weight excluding hydrogens is 412 g/mol. The van der Waals surface area contributed by atoms with E-state index in [4.69, 9.17) is 0 Å². The Morgan fingerprint density at radius 1 is 1.17 bits per heavy atom. The molecule has 0 aliphatic carbocycles. The summed E-state index contributed by atoms with van der Waals surface area (Å²) in [6.45, 7) is 9.04. The van der Waals surface area contributed by atoms with Gasteiger partial charge in [0.2, 0.25) is 0 Å². The van der Waals surface area contributed by atoms with Crippen molar-refractivity contribution in [2.75, 3.05) is 13.1 Å². The van der Waals surface area contributed by atoms with Gasteiger partial charge in [-0.1, -0.05) is 35.9 Å². The molecule has 2 aromatic rings. The van der Waals surface area contributed by atoms with E-state index in [9.17, 15) is 4.39 Å². The minimum Gasteiger partial charge on any atom is -0.287 e. The fraction of sp³-hybridized carbons (Fsp3) is 0.429. The molecule has 0 saturated heterocycles. The highest BCUT2D eigenvalue weighted by Gasteiger charge is 2.42. The van der Waals surface area contributed by atoms with Gasteiger partial charge < -0.3 is 0 Å². The molecule has 0 amide bonds. The highest BCUT2D eigenvalue weighted by Crippen LogP contribution is 2.42. The van der Waals surface area contributed by atoms with Crippen molar-refractivity contribution < 1.29 is 4.39 Å². The highest BCUT2D eigenvalue weighted by atomic mass is 127. The van der Waals surface area contributed by atoms with Gasteiger partial charge in [0.05, 0.1) is 5.54 Å². The maximum atomic E-state index is 14.5. The van der Waals surface area contributed by atoms with Crippen molar-refractivity contribution >= 4 is 22.6 Å². The first-order valence-corrected chi connectivity index (χ1v) is 9.58. The van der Waals surface area contributed by atoms with E-state index in [1.54, 1.807) is 13.8 Å². The Hall–Kier alpha value is -0.940. The summed E-state index contributed by atoms with van der Waals surface area (Å²) in [5, 5.41) is 0. The molecule has 1 nitrogen and oxygen atoms in total. The Labute approximate surface area is 158 Å². The molecule has 0 radical (unpaired) electrons. The number of hydrogen-bond donors (Lipinski definition) is 0. The van der Waals surface area contributed by atoms with Crippen LogP contribution < -0.4 is 0 Å². The van der Waals surface area contributed by atoms with E-state index in [2.05, 4.69) is 83.8 Å². The fourth-order valence-corrected chi connectivity index (χ4v) is 4.22. The molecule has 1 unspecified atom stereocenters. The summed E-state index contributed by atoms with van der Waals surface area (Å²) < 4.78 is 15.7. The number of halogens is 2. The van der Waals surface area contributed by atoms with Gasteiger partial charge in [0.25, 0.3) is 0 Å². The van der Waals surface area contributed by atoms with E-state index in [1.807, 2.05) is 0 Å². The van der Waals surface area contributed by atoms with Crippen LogP contribution in [0.5, 0.6) is 0 Å². The van der Waals surface area contributed by atoms with Crippen LogP contribution in [0.4, 0.5) is 4.39 Å². The topological polar surface area (TPSA) is 3.24 Å². The second-order valence-corrected chi connectivity index (χ2v) is 8.88. The van der Waals surface area contributed by atoms with E-state index in [-0.39, 0.29) is 5.54 Å². The van der Waals surface area contributed by atoms with Crippen molar-refractivity contribution in [3.05, 3.63) is 68.3 Å². The number of alkyl halides is 1. The van der Waals surface area contributed by atoms with Crippen LogP contribution in [-0.4, -0.2) is 23.7 Å². The average molecular weight is 437 g/mol. The third kappa shape index (κ3) is 3.38. The maximum Gasteiger partial charge on any atom is 0.118 e. The summed E-state index contributed by atoms with van der Waals surface area (Å²) in [5.74, 6) is 0. The summed E-state index contributed by atoms with van der Waals surface area (Å²) in [6.07, 6.45) is 0.979. The SMILES string of the molecule is Cc1ccc2c(c1)CCN(CC(C)(C)F)C2(C)c1ccc(I)cc1. The lowest BCUT2D eigenvalue weighted by Crippen LogP contribution is -2.53. The molecule has 1 atom stereocenters. The largest absolute Gasteiger partial charge is 0.287 e. The summed E-state index contributed by atoms with van der Waals surface area (Å²) in [7, 11) is 0. The van der Waals surface area contributed by atoms with E-state index >= 15 is 0 Å². The normalized spacial score (nSPS) is 21.6. The molecule has 3 heteroatoms. The first kappa shape index (κ1) is 17.9. The summed E-state index contributed by atoms with van der Waals surface area (Å²) in [6, 6.07) is 15.4. The molecule has 3 rings (SSSR count). The van der Waals surface area contributed by atoms with Crippen LogP contribution in [0.15, 0.2) is 42.5 Å². The third-order valence-electron chi connectivity index (χ3n) is 5.04. The minimum atomic E-state index is -1.22. The van der Waals surface area contributed by atoms with Crippen molar-refractivity contribution in [1.82, 2.24) is 4.90 Å². The monoisotopic (exact) mass is 437 g/mol. The van der Waals surface area contributed by atoms with E-state index < -0.39 is 5.67 Å². The summed E-state index contributed by atoms with van der Waals surface area (Å²) in [5.41, 5.74) is 3.71. The Morgan fingerprint density at radius 3 is 2.46 bits per heavy atom. The second kappa shape index (κ2) is 6.41. The van der Waals surface area contributed by atoms with Crippen LogP contribution in [-0.2, 0) is 12.0 Å².